The van der Waals surface area contributed by atoms with Gasteiger partial charge in [0.05, 0.1) is 0 Å². The first-order valence-electron chi connectivity index (χ1n) is 8.44. The number of aromatic nitrogens is 2. The largest absolute Gasteiger partial charge is 0.226 e. The summed E-state index contributed by atoms with van der Waals surface area (Å²) in [5.41, 5.74) is 2.31. The van der Waals surface area contributed by atoms with Crippen LogP contribution in [0.25, 0.3) is 11.1 Å². The van der Waals surface area contributed by atoms with E-state index in [0.29, 0.717) is 17.0 Å². The molecule has 0 spiro atoms. The predicted octanol–water partition coefficient (Wildman–Crippen LogP) is 6.01. The minimum atomic E-state index is -0.205. The van der Waals surface area contributed by atoms with Crippen molar-refractivity contribution < 1.29 is 4.39 Å². The third-order valence-corrected chi connectivity index (χ3v) is 5.13. The van der Waals surface area contributed by atoms with E-state index in [1.807, 2.05) is 6.07 Å². The Kier molecular flexibility index (Phi) is 5.27. The second kappa shape index (κ2) is 7.39. The van der Waals surface area contributed by atoms with Crippen LogP contribution in [0.4, 0.5) is 4.39 Å². The van der Waals surface area contributed by atoms with E-state index in [4.69, 9.17) is 11.6 Å². The van der Waals surface area contributed by atoms with Crippen LogP contribution in [0.2, 0.25) is 5.28 Å². The maximum absolute atomic E-state index is 14.5. The van der Waals surface area contributed by atoms with E-state index in [2.05, 4.69) is 23.0 Å². The van der Waals surface area contributed by atoms with E-state index >= 15 is 0 Å². The monoisotopic (exact) mass is 332 g/mol. The average Bonchev–Trinajstić information content (AvgIpc) is 2.57. The molecule has 1 aliphatic rings. The molecule has 0 atom stereocenters. The normalized spacial score (nSPS) is 21.3. The quantitative estimate of drug-likeness (QED) is 0.641. The maximum Gasteiger partial charge on any atom is 0.222 e. The molecule has 1 fully saturated rings. The summed E-state index contributed by atoms with van der Waals surface area (Å²) >= 11 is 5.68. The minimum Gasteiger partial charge on any atom is -0.226 e. The summed E-state index contributed by atoms with van der Waals surface area (Å²) in [4.78, 5) is 7.84. The van der Waals surface area contributed by atoms with E-state index < -0.39 is 0 Å². The van der Waals surface area contributed by atoms with Crippen molar-refractivity contribution in [3.8, 4) is 11.1 Å². The van der Waals surface area contributed by atoms with E-state index in [1.165, 1.54) is 38.5 Å². The molecule has 23 heavy (non-hydrogen) atoms. The molecule has 0 unspecified atom stereocenters. The summed E-state index contributed by atoms with van der Waals surface area (Å²) in [6.07, 6.45) is 10.6. The van der Waals surface area contributed by atoms with Gasteiger partial charge in [-0.1, -0.05) is 31.9 Å². The summed E-state index contributed by atoms with van der Waals surface area (Å²) in [6.45, 7) is 2.25. The second-order valence-corrected chi connectivity index (χ2v) is 6.82. The topological polar surface area (TPSA) is 25.8 Å². The minimum absolute atomic E-state index is 0.176. The standard InChI is InChI=1S/C19H22ClFN2/c1-2-3-13-4-6-14(7-5-13)15-8-9-17(18(21)10-15)16-11-22-19(20)23-12-16/h8-14H,2-7H2,1H3. The smallest absolute Gasteiger partial charge is 0.222 e. The average molecular weight is 333 g/mol. The lowest BCUT2D eigenvalue weighted by Crippen LogP contribution is -2.13. The molecule has 1 heterocycles. The van der Waals surface area contributed by atoms with Gasteiger partial charge in [0.15, 0.2) is 0 Å². The van der Waals surface area contributed by atoms with Crippen LogP contribution in [0.5, 0.6) is 0 Å². The van der Waals surface area contributed by atoms with Crippen molar-refractivity contribution in [1.82, 2.24) is 9.97 Å². The van der Waals surface area contributed by atoms with Gasteiger partial charge in [-0.05, 0) is 60.7 Å². The van der Waals surface area contributed by atoms with Gasteiger partial charge in [-0.2, -0.15) is 0 Å². The summed E-state index contributed by atoms with van der Waals surface area (Å²) in [6, 6.07) is 5.59. The number of halogens is 2. The van der Waals surface area contributed by atoms with Crippen molar-refractivity contribution in [1.29, 1.82) is 0 Å². The van der Waals surface area contributed by atoms with Crippen molar-refractivity contribution in [2.24, 2.45) is 5.92 Å². The molecule has 0 amide bonds. The second-order valence-electron chi connectivity index (χ2n) is 6.49. The molecule has 0 bridgehead atoms. The SMILES string of the molecule is CCCC1CCC(c2ccc(-c3cnc(Cl)nc3)c(F)c2)CC1. The highest BCUT2D eigenvalue weighted by Crippen LogP contribution is 2.38. The Morgan fingerprint density at radius 1 is 1.13 bits per heavy atom. The lowest BCUT2D eigenvalue weighted by Gasteiger charge is -2.28. The van der Waals surface area contributed by atoms with Crippen LogP contribution in [0.1, 0.15) is 56.9 Å². The Hall–Kier alpha value is -1.48. The molecule has 3 rings (SSSR count). The summed E-state index contributed by atoms with van der Waals surface area (Å²) in [5, 5.41) is 0.176. The van der Waals surface area contributed by atoms with Crippen molar-refractivity contribution >= 4 is 11.6 Å². The fourth-order valence-corrected chi connectivity index (χ4v) is 3.76. The number of nitrogens with zero attached hydrogens (tertiary/aromatic N) is 2. The first kappa shape index (κ1) is 16.4. The Balaban J connectivity index is 1.74. The third-order valence-electron chi connectivity index (χ3n) is 4.94. The van der Waals surface area contributed by atoms with Crippen molar-refractivity contribution in [2.45, 2.75) is 51.4 Å². The van der Waals surface area contributed by atoms with Crippen LogP contribution in [-0.2, 0) is 0 Å². The number of rotatable bonds is 4. The highest BCUT2D eigenvalue weighted by molar-refractivity contribution is 6.28. The zero-order valence-corrected chi connectivity index (χ0v) is 14.2. The molecule has 2 aromatic rings. The molecule has 2 nitrogen and oxygen atoms in total. The fourth-order valence-electron chi connectivity index (χ4n) is 3.66. The molecular formula is C19H22ClFN2. The molecule has 0 N–H and O–H groups in total. The van der Waals surface area contributed by atoms with Crippen LogP contribution in [0, 0.1) is 11.7 Å². The highest BCUT2D eigenvalue weighted by atomic mass is 35.5. The highest BCUT2D eigenvalue weighted by Gasteiger charge is 2.22. The Morgan fingerprint density at radius 2 is 1.83 bits per heavy atom. The van der Waals surface area contributed by atoms with Gasteiger partial charge in [0.25, 0.3) is 0 Å². The molecule has 4 heteroatoms. The van der Waals surface area contributed by atoms with Gasteiger partial charge in [0, 0.05) is 23.5 Å². The van der Waals surface area contributed by atoms with Gasteiger partial charge in [-0.3, -0.25) is 0 Å². The molecular weight excluding hydrogens is 311 g/mol. The lowest BCUT2D eigenvalue weighted by molar-refractivity contribution is 0.308. The van der Waals surface area contributed by atoms with Gasteiger partial charge >= 0.3 is 0 Å². The van der Waals surface area contributed by atoms with Gasteiger partial charge in [-0.15, -0.1) is 0 Å². The van der Waals surface area contributed by atoms with Gasteiger partial charge in [0.1, 0.15) is 5.82 Å². The zero-order chi connectivity index (χ0) is 16.2. The Labute approximate surface area is 142 Å². The molecule has 0 aliphatic heterocycles. The number of hydrogen-bond donors (Lipinski definition) is 0. The van der Waals surface area contributed by atoms with Gasteiger partial charge < -0.3 is 0 Å². The summed E-state index contributed by atoms with van der Waals surface area (Å²) in [5.74, 6) is 1.16. The van der Waals surface area contributed by atoms with E-state index in [1.54, 1.807) is 18.5 Å². The number of benzene rings is 1. The molecule has 1 saturated carbocycles. The van der Waals surface area contributed by atoms with Crippen LogP contribution < -0.4 is 0 Å². The predicted molar refractivity (Wildman–Crippen MR) is 92.0 cm³/mol. The van der Waals surface area contributed by atoms with Crippen molar-refractivity contribution in [2.75, 3.05) is 0 Å². The third kappa shape index (κ3) is 3.89. The van der Waals surface area contributed by atoms with Crippen LogP contribution >= 0.6 is 11.6 Å². The Bertz CT molecular complexity index is 649. The zero-order valence-electron chi connectivity index (χ0n) is 13.4. The molecule has 0 radical (unpaired) electrons. The first-order valence-corrected chi connectivity index (χ1v) is 8.82. The summed E-state index contributed by atoms with van der Waals surface area (Å²) < 4.78 is 14.5. The van der Waals surface area contributed by atoms with Crippen molar-refractivity contribution in [3.63, 3.8) is 0 Å². The summed E-state index contributed by atoms with van der Waals surface area (Å²) in [7, 11) is 0. The molecule has 122 valence electrons. The van der Waals surface area contributed by atoms with Gasteiger partial charge in [0.2, 0.25) is 5.28 Å². The lowest BCUT2D eigenvalue weighted by atomic mass is 9.77. The molecule has 1 aromatic carbocycles. The Morgan fingerprint density at radius 3 is 2.43 bits per heavy atom. The molecule has 0 saturated heterocycles. The van der Waals surface area contributed by atoms with Crippen LogP contribution in [0.3, 0.4) is 0 Å². The maximum atomic E-state index is 14.5. The van der Waals surface area contributed by atoms with Gasteiger partial charge in [-0.25, -0.2) is 14.4 Å². The first-order chi connectivity index (χ1) is 11.2. The molecule has 1 aromatic heterocycles. The van der Waals surface area contributed by atoms with Crippen LogP contribution in [0.15, 0.2) is 30.6 Å². The fraction of sp³-hybridized carbons (Fsp3) is 0.474. The molecule has 1 aliphatic carbocycles. The van der Waals surface area contributed by atoms with E-state index in [0.717, 1.165) is 11.5 Å². The van der Waals surface area contributed by atoms with E-state index in [9.17, 15) is 4.39 Å². The number of hydrogen-bond acceptors (Lipinski definition) is 2. The van der Waals surface area contributed by atoms with Crippen LogP contribution in [-0.4, -0.2) is 9.97 Å². The van der Waals surface area contributed by atoms with E-state index in [-0.39, 0.29) is 11.1 Å². The van der Waals surface area contributed by atoms with Crippen molar-refractivity contribution in [3.05, 3.63) is 47.3 Å².